The first kappa shape index (κ1) is 34.6. The van der Waals surface area contributed by atoms with Gasteiger partial charge in [0, 0.05) is 31.8 Å². The Hall–Kier alpha value is -1.86. The fraction of sp³-hybridized carbons (Fsp3) is 0.667. The van der Waals surface area contributed by atoms with Crippen LogP contribution in [0.3, 0.4) is 0 Å². The molecule has 0 fully saturated rings. The number of aliphatic carboxylic acids is 2. The van der Waals surface area contributed by atoms with Crippen molar-refractivity contribution in [2.75, 3.05) is 59.3 Å². The van der Waals surface area contributed by atoms with E-state index < -0.39 is 11.9 Å². The SMILES string of the molecule is C=CC(=O)O.C=CC(=O)O.CCC(O)CNCCN.OCCOCCOCCO. The average Bonchev–Trinajstić information content (AvgIpc) is 2.72. The molecule has 8 N–H and O–H groups in total. The summed E-state index contributed by atoms with van der Waals surface area (Å²) in [6.45, 7) is 11.7. The number of nitrogens with one attached hydrogen (secondary N) is 1. The van der Waals surface area contributed by atoms with Crippen molar-refractivity contribution in [1.82, 2.24) is 5.32 Å². The zero-order chi connectivity index (χ0) is 23.3. The van der Waals surface area contributed by atoms with E-state index in [1.807, 2.05) is 6.92 Å². The molecule has 0 aliphatic rings. The zero-order valence-electron chi connectivity index (χ0n) is 17.2. The van der Waals surface area contributed by atoms with E-state index >= 15 is 0 Å². The van der Waals surface area contributed by atoms with E-state index in [1.165, 1.54) is 0 Å². The number of rotatable bonds is 14. The van der Waals surface area contributed by atoms with Crippen LogP contribution < -0.4 is 11.1 Å². The molecule has 11 nitrogen and oxygen atoms in total. The van der Waals surface area contributed by atoms with Crippen LogP contribution in [0.25, 0.3) is 0 Å². The van der Waals surface area contributed by atoms with Crippen LogP contribution in [0.4, 0.5) is 0 Å². The molecule has 1 atom stereocenters. The Morgan fingerprint density at radius 3 is 1.62 bits per heavy atom. The Morgan fingerprint density at radius 1 is 1.00 bits per heavy atom. The van der Waals surface area contributed by atoms with Crippen molar-refractivity contribution in [1.29, 1.82) is 0 Å². The van der Waals surface area contributed by atoms with Gasteiger partial charge in [-0.3, -0.25) is 0 Å². The molecule has 0 spiro atoms. The molecular weight excluding hydrogens is 388 g/mol. The summed E-state index contributed by atoms with van der Waals surface area (Å²) in [5, 5.41) is 43.7. The minimum atomic E-state index is -0.981. The Morgan fingerprint density at radius 2 is 1.38 bits per heavy atom. The number of carbonyl (C=O) groups is 2. The van der Waals surface area contributed by atoms with Gasteiger partial charge in [0.1, 0.15) is 0 Å². The fourth-order valence-corrected chi connectivity index (χ4v) is 0.966. The smallest absolute Gasteiger partial charge is 0.327 e. The molecule has 1 unspecified atom stereocenters. The number of aliphatic hydroxyl groups excluding tert-OH is 3. The Balaban J connectivity index is -0.000000151. The van der Waals surface area contributed by atoms with Gasteiger partial charge in [-0.15, -0.1) is 0 Å². The summed E-state index contributed by atoms with van der Waals surface area (Å²) in [5.41, 5.74) is 5.21. The Kier molecular flexibility index (Phi) is 40.3. The lowest BCUT2D eigenvalue weighted by molar-refractivity contribution is -0.132. The van der Waals surface area contributed by atoms with E-state index in [1.54, 1.807) is 0 Å². The van der Waals surface area contributed by atoms with Crippen LogP contribution in [0.15, 0.2) is 25.3 Å². The van der Waals surface area contributed by atoms with Crippen molar-refractivity contribution in [2.45, 2.75) is 19.4 Å². The number of ether oxygens (including phenoxy) is 2. The third-order valence-electron chi connectivity index (χ3n) is 2.36. The number of hydrogen-bond acceptors (Lipinski definition) is 9. The minimum Gasteiger partial charge on any atom is -0.478 e. The lowest BCUT2D eigenvalue weighted by Crippen LogP contribution is -2.30. The second-order valence-electron chi connectivity index (χ2n) is 4.81. The maximum absolute atomic E-state index is 9.25. The summed E-state index contributed by atoms with van der Waals surface area (Å²) < 4.78 is 9.75. The van der Waals surface area contributed by atoms with Crippen LogP contribution in [0.2, 0.25) is 0 Å². The van der Waals surface area contributed by atoms with Gasteiger partial charge in [0.05, 0.1) is 45.7 Å². The highest BCUT2D eigenvalue weighted by Crippen LogP contribution is 1.84. The van der Waals surface area contributed by atoms with Gasteiger partial charge in [-0.2, -0.15) is 0 Å². The molecular formula is C18H38N2O9. The van der Waals surface area contributed by atoms with Gasteiger partial charge in [0.2, 0.25) is 0 Å². The normalized spacial score (nSPS) is 9.97. The molecule has 0 aromatic rings. The molecule has 0 heterocycles. The summed E-state index contributed by atoms with van der Waals surface area (Å²) in [7, 11) is 0. The van der Waals surface area contributed by atoms with Crippen molar-refractivity contribution in [2.24, 2.45) is 5.73 Å². The maximum Gasteiger partial charge on any atom is 0.327 e. The summed E-state index contributed by atoms with van der Waals surface area (Å²) in [6.07, 6.45) is 2.26. The number of carboxylic acid groups (broad SMARTS) is 2. The van der Waals surface area contributed by atoms with E-state index in [9.17, 15) is 9.59 Å². The summed E-state index contributed by atoms with van der Waals surface area (Å²) in [4.78, 5) is 18.5. The van der Waals surface area contributed by atoms with Crippen molar-refractivity contribution < 1.29 is 44.6 Å². The second kappa shape index (κ2) is 33.7. The number of nitrogens with two attached hydrogens (primary N) is 1. The van der Waals surface area contributed by atoms with E-state index in [4.69, 9.17) is 40.7 Å². The Labute approximate surface area is 172 Å². The molecule has 174 valence electrons. The molecule has 0 aliphatic carbocycles. The first-order valence-electron chi connectivity index (χ1n) is 8.93. The molecule has 0 rings (SSSR count). The highest BCUT2D eigenvalue weighted by Gasteiger charge is 1.96. The molecule has 0 saturated heterocycles. The van der Waals surface area contributed by atoms with Gasteiger partial charge in [0.25, 0.3) is 0 Å². The van der Waals surface area contributed by atoms with Crippen LogP contribution in [0.1, 0.15) is 13.3 Å². The number of carboxylic acids is 2. The van der Waals surface area contributed by atoms with Crippen molar-refractivity contribution in [3.8, 4) is 0 Å². The highest BCUT2D eigenvalue weighted by atomic mass is 16.5. The van der Waals surface area contributed by atoms with Crippen LogP contribution in [0, 0.1) is 0 Å². The highest BCUT2D eigenvalue weighted by molar-refractivity contribution is 5.79. The van der Waals surface area contributed by atoms with E-state index in [0.717, 1.165) is 25.1 Å². The number of hydrogen-bond donors (Lipinski definition) is 7. The molecule has 0 aliphatic heterocycles. The van der Waals surface area contributed by atoms with E-state index in [2.05, 4.69) is 18.5 Å². The van der Waals surface area contributed by atoms with Gasteiger partial charge in [0.15, 0.2) is 0 Å². The standard InChI is InChI=1S/C6H16N2O.C6H14O4.2C3H4O2/c1-2-6(9)5-8-4-3-7;7-1-3-9-5-6-10-4-2-8;2*1-2-3(4)5/h6,8-9H,2-5,7H2,1H3;7-8H,1-6H2;2*2H,1H2,(H,4,5). The van der Waals surface area contributed by atoms with E-state index in [-0.39, 0.29) is 19.3 Å². The monoisotopic (exact) mass is 426 g/mol. The fourth-order valence-electron chi connectivity index (χ4n) is 0.966. The largest absolute Gasteiger partial charge is 0.478 e. The predicted octanol–water partition coefficient (Wildman–Crippen LogP) is -1.18. The minimum absolute atomic E-state index is 0.0417. The first-order chi connectivity index (χ1) is 13.8. The maximum atomic E-state index is 9.25. The molecule has 0 amide bonds. The van der Waals surface area contributed by atoms with Gasteiger partial charge in [-0.25, -0.2) is 9.59 Å². The van der Waals surface area contributed by atoms with Crippen molar-refractivity contribution in [3.05, 3.63) is 25.3 Å². The molecule has 0 bridgehead atoms. The summed E-state index contributed by atoms with van der Waals surface area (Å²) >= 11 is 0. The molecule has 0 radical (unpaired) electrons. The topological polar surface area (TPSA) is 192 Å². The molecule has 0 saturated carbocycles. The van der Waals surface area contributed by atoms with Gasteiger partial charge in [-0.1, -0.05) is 20.1 Å². The lowest BCUT2D eigenvalue weighted by atomic mass is 10.3. The van der Waals surface area contributed by atoms with Crippen molar-refractivity contribution >= 4 is 11.9 Å². The lowest BCUT2D eigenvalue weighted by Gasteiger charge is -2.07. The molecule has 0 aromatic heterocycles. The van der Waals surface area contributed by atoms with E-state index in [0.29, 0.717) is 39.5 Å². The number of aliphatic hydroxyl groups is 3. The van der Waals surface area contributed by atoms with Crippen LogP contribution in [-0.4, -0.2) is 103 Å². The second-order valence-corrected chi connectivity index (χ2v) is 4.81. The average molecular weight is 427 g/mol. The quantitative estimate of drug-likeness (QED) is 0.131. The predicted molar refractivity (Wildman–Crippen MR) is 110 cm³/mol. The molecule has 0 aromatic carbocycles. The van der Waals surface area contributed by atoms with Gasteiger partial charge >= 0.3 is 11.9 Å². The molecule has 11 heteroatoms. The van der Waals surface area contributed by atoms with Gasteiger partial charge < -0.3 is 46.1 Å². The third kappa shape index (κ3) is 58.5. The van der Waals surface area contributed by atoms with Crippen molar-refractivity contribution in [3.63, 3.8) is 0 Å². The van der Waals surface area contributed by atoms with Crippen LogP contribution >= 0.6 is 0 Å². The zero-order valence-corrected chi connectivity index (χ0v) is 17.2. The van der Waals surface area contributed by atoms with Crippen LogP contribution in [-0.2, 0) is 19.1 Å². The first-order valence-corrected chi connectivity index (χ1v) is 8.93. The third-order valence-corrected chi connectivity index (χ3v) is 2.36. The summed E-state index contributed by atoms with van der Waals surface area (Å²) in [6, 6.07) is 0. The molecule has 29 heavy (non-hydrogen) atoms. The summed E-state index contributed by atoms with van der Waals surface area (Å²) in [5.74, 6) is -1.96. The Bertz CT molecular complexity index is 343. The van der Waals surface area contributed by atoms with Crippen LogP contribution in [0.5, 0.6) is 0 Å². The van der Waals surface area contributed by atoms with Gasteiger partial charge in [-0.05, 0) is 6.42 Å².